The lowest BCUT2D eigenvalue weighted by Gasteiger charge is -2.39. The zero-order valence-electron chi connectivity index (χ0n) is 15.9. The molecule has 140 valence electrons. The molecular formula is C19H33N5O. The second-order valence-electron chi connectivity index (χ2n) is 8.18. The van der Waals surface area contributed by atoms with E-state index in [0.29, 0.717) is 23.8 Å². The minimum absolute atomic E-state index is 0.0528. The third-order valence-corrected chi connectivity index (χ3v) is 6.42. The largest absolute Gasteiger partial charge is 0.352 e. The van der Waals surface area contributed by atoms with Gasteiger partial charge in [0.05, 0.1) is 6.04 Å². The van der Waals surface area contributed by atoms with Crippen molar-refractivity contribution >= 4 is 5.91 Å². The Kier molecular flexibility index (Phi) is 6.10. The number of carbonyl (C=O) groups is 1. The first-order chi connectivity index (χ1) is 12.0. The number of carbonyl (C=O) groups excluding carboxylic acids is 1. The van der Waals surface area contributed by atoms with E-state index in [1.54, 1.807) is 12.7 Å². The van der Waals surface area contributed by atoms with E-state index < -0.39 is 0 Å². The SMILES string of the molecule is C[C@@H]1[C@H](C)CCC[C@@H]1NC(=O)[C@H](C)N1CCC[C@H](Cn2cncn2)C1. The lowest BCUT2D eigenvalue weighted by atomic mass is 9.78. The molecule has 5 atom stereocenters. The summed E-state index contributed by atoms with van der Waals surface area (Å²) in [5.74, 6) is 2.02. The van der Waals surface area contributed by atoms with Crippen molar-refractivity contribution in [1.82, 2.24) is 25.0 Å². The average molecular weight is 348 g/mol. The molecule has 1 aliphatic heterocycles. The van der Waals surface area contributed by atoms with E-state index in [2.05, 4.69) is 41.1 Å². The molecule has 2 aliphatic rings. The van der Waals surface area contributed by atoms with Crippen LogP contribution in [0, 0.1) is 17.8 Å². The number of likely N-dealkylation sites (tertiary alicyclic amines) is 1. The van der Waals surface area contributed by atoms with Crippen molar-refractivity contribution in [2.75, 3.05) is 13.1 Å². The van der Waals surface area contributed by atoms with E-state index in [9.17, 15) is 4.79 Å². The summed E-state index contributed by atoms with van der Waals surface area (Å²) in [6.07, 6.45) is 9.35. The molecule has 1 N–H and O–H groups in total. The zero-order chi connectivity index (χ0) is 17.8. The van der Waals surface area contributed by atoms with Crippen molar-refractivity contribution < 1.29 is 4.79 Å². The Bertz CT molecular complexity index is 546. The fourth-order valence-corrected chi connectivity index (χ4v) is 4.44. The summed E-state index contributed by atoms with van der Waals surface area (Å²) in [4.78, 5) is 19.2. The van der Waals surface area contributed by atoms with Crippen molar-refractivity contribution in [3.8, 4) is 0 Å². The molecule has 1 aromatic rings. The van der Waals surface area contributed by atoms with Gasteiger partial charge in [-0.25, -0.2) is 4.98 Å². The Morgan fingerprint density at radius 3 is 2.88 bits per heavy atom. The molecule has 2 heterocycles. The van der Waals surface area contributed by atoms with Crippen LogP contribution >= 0.6 is 0 Å². The van der Waals surface area contributed by atoms with Crippen molar-refractivity contribution in [2.45, 2.75) is 71.5 Å². The fraction of sp³-hybridized carbons (Fsp3) is 0.842. The van der Waals surface area contributed by atoms with Gasteiger partial charge in [0.1, 0.15) is 12.7 Å². The van der Waals surface area contributed by atoms with E-state index in [1.807, 2.05) is 4.68 Å². The van der Waals surface area contributed by atoms with Gasteiger partial charge in [0, 0.05) is 19.1 Å². The Balaban J connectivity index is 1.52. The van der Waals surface area contributed by atoms with E-state index in [4.69, 9.17) is 0 Å². The van der Waals surface area contributed by atoms with Crippen LogP contribution in [0.2, 0.25) is 0 Å². The number of piperidine rings is 1. The maximum atomic E-state index is 12.8. The van der Waals surface area contributed by atoms with Crippen molar-refractivity contribution in [1.29, 1.82) is 0 Å². The van der Waals surface area contributed by atoms with Gasteiger partial charge >= 0.3 is 0 Å². The monoisotopic (exact) mass is 347 g/mol. The summed E-state index contributed by atoms with van der Waals surface area (Å²) in [6.45, 7) is 9.52. The van der Waals surface area contributed by atoms with Crippen LogP contribution in [0.4, 0.5) is 0 Å². The van der Waals surface area contributed by atoms with E-state index >= 15 is 0 Å². The first kappa shape index (κ1) is 18.4. The van der Waals surface area contributed by atoms with Gasteiger partial charge in [-0.1, -0.05) is 26.7 Å². The Morgan fingerprint density at radius 1 is 1.28 bits per heavy atom. The first-order valence-corrected chi connectivity index (χ1v) is 9.91. The van der Waals surface area contributed by atoms with Crippen LogP contribution in [0.1, 0.15) is 52.9 Å². The van der Waals surface area contributed by atoms with Crippen molar-refractivity contribution in [2.24, 2.45) is 17.8 Å². The van der Waals surface area contributed by atoms with Crippen LogP contribution in [0.3, 0.4) is 0 Å². The number of nitrogens with one attached hydrogen (secondary N) is 1. The van der Waals surface area contributed by atoms with Gasteiger partial charge in [0.15, 0.2) is 0 Å². The van der Waals surface area contributed by atoms with Crippen LogP contribution in [-0.4, -0.2) is 50.7 Å². The van der Waals surface area contributed by atoms with Crippen LogP contribution in [0.25, 0.3) is 0 Å². The highest BCUT2D eigenvalue weighted by atomic mass is 16.2. The van der Waals surface area contributed by atoms with E-state index in [-0.39, 0.29) is 11.9 Å². The van der Waals surface area contributed by atoms with Gasteiger partial charge in [-0.05, 0) is 50.5 Å². The molecule has 3 rings (SSSR count). The topological polar surface area (TPSA) is 63.1 Å². The summed E-state index contributed by atoms with van der Waals surface area (Å²) >= 11 is 0. The zero-order valence-corrected chi connectivity index (χ0v) is 15.9. The molecule has 0 radical (unpaired) electrons. The second kappa shape index (κ2) is 8.30. The number of nitrogens with zero attached hydrogens (tertiary/aromatic N) is 4. The fourth-order valence-electron chi connectivity index (χ4n) is 4.44. The Hall–Kier alpha value is -1.43. The standard InChI is InChI=1S/C19H33N5O/c1-14-6-4-8-18(15(14)2)22-19(25)16(3)23-9-5-7-17(10-23)11-24-13-20-12-21-24/h12-18H,4-11H2,1-3H3,(H,22,25)/t14-,15-,16+,17+,18+/m1/s1. The highest BCUT2D eigenvalue weighted by Gasteiger charge is 2.32. The van der Waals surface area contributed by atoms with Gasteiger partial charge < -0.3 is 5.32 Å². The first-order valence-electron chi connectivity index (χ1n) is 9.91. The molecule has 25 heavy (non-hydrogen) atoms. The maximum absolute atomic E-state index is 12.8. The summed E-state index contributed by atoms with van der Waals surface area (Å²) in [5, 5.41) is 7.56. The number of hydrogen-bond acceptors (Lipinski definition) is 4. The Labute approximate surface area is 151 Å². The molecule has 1 saturated heterocycles. The number of hydrogen-bond donors (Lipinski definition) is 1. The molecule has 0 spiro atoms. The van der Waals surface area contributed by atoms with Crippen molar-refractivity contribution in [3.05, 3.63) is 12.7 Å². The molecule has 6 nitrogen and oxygen atoms in total. The molecule has 0 unspecified atom stereocenters. The van der Waals surface area contributed by atoms with Crippen LogP contribution in [-0.2, 0) is 11.3 Å². The predicted octanol–water partition coefficient (Wildman–Crippen LogP) is 2.32. The average Bonchev–Trinajstić information content (AvgIpc) is 3.11. The summed E-state index contributed by atoms with van der Waals surface area (Å²) in [6, 6.07) is 0.289. The van der Waals surface area contributed by atoms with Gasteiger partial charge in [-0.2, -0.15) is 5.10 Å². The maximum Gasteiger partial charge on any atom is 0.237 e. The van der Waals surface area contributed by atoms with Gasteiger partial charge in [-0.15, -0.1) is 0 Å². The highest BCUT2D eigenvalue weighted by Crippen LogP contribution is 2.29. The van der Waals surface area contributed by atoms with Crippen molar-refractivity contribution in [3.63, 3.8) is 0 Å². The van der Waals surface area contributed by atoms with E-state index in [0.717, 1.165) is 32.5 Å². The molecule has 1 aromatic heterocycles. The summed E-state index contributed by atoms with van der Waals surface area (Å²) in [5.41, 5.74) is 0. The van der Waals surface area contributed by atoms with Crippen LogP contribution in [0.5, 0.6) is 0 Å². The molecular weight excluding hydrogens is 314 g/mol. The van der Waals surface area contributed by atoms with Gasteiger partial charge in [0.2, 0.25) is 5.91 Å². The summed E-state index contributed by atoms with van der Waals surface area (Å²) in [7, 11) is 0. The molecule has 0 aromatic carbocycles. The Morgan fingerprint density at radius 2 is 2.12 bits per heavy atom. The smallest absolute Gasteiger partial charge is 0.237 e. The number of aromatic nitrogens is 3. The predicted molar refractivity (Wildman–Crippen MR) is 97.9 cm³/mol. The molecule has 6 heteroatoms. The third-order valence-electron chi connectivity index (χ3n) is 6.42. The van der Waals surface area contributed by atoms with Crippen LogP contribution in [0.15, 0.2) is 12.7 Å². The number of rotatable bonds is 5. The molecule has 1 aliphatic carbocycles. The lowest BCUT2D eigenvalue weighted by Crippen LogP contribution is -2.53. The highest BCUT2D eigenvalue weighted by molar-refractivity contribution is 5.81. The second-order valence-corrected chi connectivity index (χ2v) is 8.18. The van der Waals surface area contributed by atoms with Crippen LogP contribution < -0.4 is 5.32 Å². The summed E-state index contributed by atoms with van der Waals surface area (Å²) < 4.78 is 1.91. The quantitative estimate of drug-likeness (QED) is 0.888. The molecule has 1 amide bonds. The molecule has 2 fully saturated rings. The van der Waals surface area contributed by atoms with E-state index in [1.165, 1.54) is 19.3 Å². The molecule has 1 saturated carbocycles. The number of amides is 1. The third kappa shape index (κ3) is 4.60. The lowest BCUT2D eigenvalue weighted by molar-refractivity contribution is -0.128. The minimum Gasteiger partial charge on any atom is -0.352 e. The normalized spacial score (nSPS) is 32.3. The van der Waals surface area contributed by atoms with Gasteiger partial charge in [0.25, 0.3) is 0 Å². The van der Waals surface area contributed by atoms with Gasteiger partial charge in [-0.3, -0.25) is 14.4 Å². The minimum atomic E-state index is -0.0528. The molecule has 0 bridgehead atoms.